The predicted octanol–water partition coefficient (Wildman–Crippen LogP) is 1.13. The van der Waals surface area contributed by atoms with E-state index in [2.05, 4.69) is 17.3 Å². The third-order valence-corrected chi connectivity index (χ3v) is 5.07. The van der Waals surface area contributed by atoms with Gasteiger partial charge in [0.25, 0.3) is 0 Å². The summed E-state index contributed by atoms with van der Waals surface area (Å²) in [6.45, 7) is 1.22. The van der Waals surface area contributed by atoms with Gasteiger partial charge in [-0.05, 0) is 37.6 Å². The van der Waals surface area contributed by atoms with E-state index in [0.29, 0.717) is 24.9 Å². The molecule has 6 heteroatoms. The van der Waals surface area contributed by atoms with Crippen LogP contribution in [0.25, 0.3) is 0 Å². The van der Waals surface area contributed by atoms with Crippen LogP contribution in [0.5, 0.6) is 5.75 Å². The number of nitrogens with zero attached hydrogens (tertiary/aromatic N) is 1. The number of likely N-dealkylation sites (N-methyl/N-ethyl adjacent to an activating group) is 1. The zero-order valence-electron chi connectivity index (χ0n) is 15.8. The number of hydrogen-bond donors (Lipinski definition) is 4. The van der Waals surface area contributed by atoms with Crippen molar-refractivity contribution in [2.45, 2.75) is 56.8 Å². The summed E-state index contributed by atoms with van der Waals surface area (Å²) in [7, 11) is 2.09. The molecule has 1 aliphatic rings. The predicted molar refractivity (Wildman–Crippen MR) is 102 cm³/mol. The lowest BCUT2D eigenvalue weighted by molar-refractivity contribution is 0.0561. The smallest absolute Gasteiger partial charge is 0.119 e. The van der Waals surface area contributed by atoms with Crippen LogP contribution < -0.4 is 10.1 Å². The highest BCUT2D eigenvalue weighted by Crippen LogP contribution is 2.21. The van der Waals surface area contributed by atoms with Gasteiger partial charge in [-0.1, -0.05) is 31.4 Å². The molecule has 0 spiro atoms. The molecule has 0 saturated heterocycles. The average Bonchev–Trinajstić information content (AvgIpc) is 2.68. The summed E-state index contributed by atoms with van der Waals surface area (Å²) < 4.78 is 5.75. The van der Waals surface area contributed by atoms with E-state index in [0.717, 1.165) is 5.56 Å². The van der Waals surface area contributed by atoms with Crippen LogP contribution in [0.4, 0.5) is 0 Å². The third kappa shape index (κ3) is 7.21. The van der Waals surface area contributed by atoms with Crippen LogP contribution in [0.3, 0.4) is 0 Å². The maximum atomic E-state index is 10.3. The first-order valence-electron chi connectivity index (χ1n) is 9.67. The first kappa shape index (κ1) is 21.1. The summed E-state index contributed by atoms with van der Waals surface area (Å²) in [4.78, 5) is 2.26. The standard InChI is InChI=1S/C20H34N2O4/c1-22(18-7-3-2-4-8-18)12-19(25)15-26-20-9-5-6-16(10-20)11-21-17(13-23)14-24/h5-6,9-10,17-19,21,23-25H,2-4,7-8,11-15H2,1H3. The van der Waals surface area contributed by atoms with E-state index in [4.69, 9.17) is 14.9 Å². The van der Waals surface area contributed by atoms with Crippen molar-refractivity contribution in [3.8, 4) is 5.75 Å². The van der Waals surface area contributed by atoms with Crippen LogP contribution in [0.2, 0.25) is 0 Å². The number of aliphatic hydroxyl groups excluding tert-OH is 3. The fraction of sp³-hybridized carbons (Fsp3) is 0.700. The van der Waals surface area contributed by atoms with Crippen LogP contribution >= 0.6 is 0 Å². The highest BCUT2D eigenvalue weighted by molar-refractivity contribution is 5.28. The molecule has 148 valence electrons. The van der Waals surface area contributed by atoms with Crippen molar-refractivity contribution in [3.05, 3.63) is 29.8 Å². The fourth-order valence-corrected chi connectivity index (χ4v) is 3.44. The minimum Gasteiger partial charge on any atom is -0.491 e. The molecule has 1 fully saturated rings. The van der Waals surface area contributed by atoms with Crippen LogP contribution in [-0.4, -0.2) is 71.8 Å². The van der Waals surface area contributed by atoms with Gasteiger partial charge in [-0.3, -0.25) is 0 Å². The highest BCUT2D eigenvalue weighted by atomic mass is 16.5. The lowest BCUT2D eigenvalue weighted by Gasteiger charge is -2.32. The van der Waals surface area contributed by atoms with Crippen LogP contribution in [0.15, 0.2) is 24.3 Å². The van der Waals surface area contributed by atoms with E-state index in [1.165, 1.54) is 32.1 Å². The monoisotopic (exact) mass is 366 g/mol. The van der Waals surface area contributed by atoms with Gasteiger partial charge >= 0.3 is 0 Å². The maximum absolute atomic E-state index is 10.3. The Kier molecular flexibility index (Phi) is 9.36. The molecule has 0 aliphatic heterocycles. The fourth-order valence-electron chi connectivity index (χ4n) is 3.44. The molecule has 6 nitrogen and oxygen atoms in total. The largest absolute Gasteiger partial charge is 0.491 e. The molecule has 1 aromatic carbocycles. The molecular weight excluding hydrogens is 332 g/mol. The SMILES string of the molecule is CN(CC(O)COc1cccc(CNC(CO)CO)c1)C1CCCCC1. The second-order valence-electron chi connectivity index (χ2n) is 7.29. The number of nitrogens with one attached hydrogen (secondary N) is 1. The van der Waals surface area contributed by atoms with Crippen molar-refractivity contribution >= 4 is 0 Å². The topological polar surface area (TPSA) is 85.2 Å². The third-order valence-electron chi connectivity index (χ3n) is 5.07. The Bertz CT molecular complexity index is 504. The Labute approximate surface area is 156 Å². The van der Waals surface area contributed by atoms with Crippen molar-refractivity contribution in [2.75, 3.05) is 33.4 Å². The molecule has 26 heavy (non-hydrogen) atoms. The van der Waals surface area contributed by atoms with Gasteiger partial charge in [-0.15, -0.1) is 0 Å². The minimum absolute atomic E-state index is 0.104. The van der Waals surface area contributed by atoms with Crippen molar-refractivity contribution in [3.63, 3.8) is 0 Å². The first-order valence-corrected chi connectivity index (χ1v) is 9.67. The normalized spacial score (nSPS) is 17.0. The summed E-state index contributed by atoms with van der Waals surface area (Å²) in [5.74, 6) is 0.716. The molecular formula is C20H34N2O4. The lowest BCUT2D eigenvalue weighted by atomic mass is 9.94. The Morgan fingerprint density at radius 1 is 1.19 bits per heavy atom. The number of rotatable bonds is 11. The zero-order valence-corrected chi connectivity index (χ0v) is 15.8. The molecule has 4 N–H and O–H groups in total. The molecule has 0 amide bonds. The van der Waals surface area contributed by atoms with Gasteiger partial charge in [0.05, 0.1) is 19.3 Å². The van der Waals surface area contributed by atoms with Gasteiger partial charge in [0.2, 0.25) is 0 Å². The summed E-state index contributed by atoms with van der Waals surface area (Å²) in [6.07, 6.45) is 5.84. The van der Waals surface area contributed by atoms with Crippen molar-refractivity contribution in [1.82, 2.24) is 10.2 Å². The van der Waals surface area contributed by atoms with Gasteiger partial charge in [0.15, 0.2) is 0 Å². The van der Waals surface area contributed by atoms with Crippen molar-refractivity contribution < 1.29 is 20.1 Å². The van der Waals surface area contributed by atoms with Crippen molar-refractivity contribution in [1.29, 1.82) is 0 Å². The van der Waals surface area contributed by atoms with E-state index < -0.39 is 6.10 Å². The summed E-state index contributed by atoms with van der Waals surface area (Å²) in [6, 6.07) is 7.90. The molecule has 0 bridgehead atoms. The van der Waals surface area contributed by atoms with Crippen LogP contribution in [0.1, 0.15) is 37.7 Å². The van der Waals surface area contributed by atoms with E-state index in [-0.39, 0.29) is 25.9 Å². The Hall–Kier alpha value is -1.18. The van der Waals surface area contributed by atoms with E-state index in [1.807, 2.05) is 24.3 Å². The Balaban J connectivity index is 1.74. The molecule has 1 aliphatic carbocycles. The van der Waals surface area contributed by atoms with Gasteiger partial charge in [0.1, 0.15) is 18.5 Å². The molecule has 0 radical (unpaired) electrons. The van der Waals surface area contributed by atoms with Crippen LogP contribution in [-0.2, 0) is 6.54 Å². The summed E-state index contributed by atoms with van der Waals surface area (Å²) >= 11 is 0. The van der Waals surface area contributed by atoms with Crippen molar-refractivity contribution in [2.24, 2.45) is 0 Å². The molecule has 1 saturated carbocycles. The van der Waals surface area contributed by atoms with Gasteiger partial charge in [0, 0.05) is 19.1 Å². The minimum atomic E-state index is -0.517. The van der Waals surface area contributed by atoms with Gasteiger partial charge < -0.3 is 30.3 Å². The second kappa shape index (κ2) is 11.5. The summed E-state index contributed by atoms with van der Waals surface area (Å²) in [5.41, 5.74) is 1.00. The Morgan fingerprint density at radius 2 is 1.92 bits per heavy atom. The van der Waals surface area contributed by atoms with E-state index in [1.54, 1.807) is 0 Å². The first-order chi connectivity index (χ1) is 12.6. The maximum Gasteiger partial charge on any atom is 0.119 e. The average molecular weight is 367 g/mol. The highest BCUT2D eigenvalue weighted by Gasteiger charge is 2.20. The van der Waals surface area contributed by atoms with Gasteiger partial charge in [-0.2, -0.15) is 0 Å². The molecule has 1 aromatic rings. The number of benzene rings is 1. The molecule has 0 heterocycles. The van der Waals surface area contributed by atoms with E-state index >= 15 is 0 Å². The van der Waals surface area contributed by atoms with Gasteiger partial charge in [-0.25, -0.2) is 0 Å². The van der Waals surface area contributed by atoms with E-state index in [9.17, 15) is 5.11 Å². The zero-order chi connectivity index (χ0) is 18.8. The number of ether oxygens (including phenoxy) is 1. The second-order valence-corrected chi connectivity index (χ2v) is 7.29. The quantitative estimate of drug-likeness (QED) is 0.470. The Morgan fingerprint density at radius 3 is 2.62 bits per heavy atom. The lowest BCUT2D eigenvalue weighted by Crippen LogP contribution is -2.40. The molecule has 0 aromatic heterocycles. The molecule has 2 rings (SSSR count). The molecule has 1 atom stereocenters. The number of aliphatic hydroxyl groups is 3. The number of hydrogen-bond acceptors (Lipinski definition) is 6. The summed E-state index contributed by atoms with van der Waals surface area (Å²) in [5, 5.41) is 31.5. The van der Waals surface area contributed by atoms with Crippen LogP contribution in [0, 0.1) is 0 Å². The molecule has 1 unspecified atom stereocenters.